The normalized spacial score (nSPS) is 18.2. The van der Waals surface area contributed by atoms with Crippen molar-refractivity contribution in [1.82, 2.24) is 5.32 Å². The number of nitro groups is 1. The summed E-state index contributed by atoms with van der Waals surface area (Å²) in [5.41, 5.74) is -0.254. The number of nitrogens with one attached hydrogen (secondary N) is 1. The first kappa shape index (κ1) is 15.4. The van der Waals surface area contributed by atoms with Crippen molar-refractivity contribution < 1.29 is 14.1 Å². The zero-order valence-electron chi connectivity index (χ0n) is 12.2. The molecular weight excluding hydrogens is 275 g/mol. The SMILES string of the molecule is CC1(C)CCC(NC(=O)c2ccc(F)c([N+](=O)[O-])c2)CC1. The first-order chi connectivity index (χ1) is 9.78. The number of carbonyl (C=O) groups is 1. The van der Waals surface area contributed by atoms with Gasteiger partial charge in [0.05, 0.1) is 4.92 Å². The van der Waals surface area contributed by atoms with Gasteiger partial charge < -0.3 is 5.32 Å². The Labute approximate surface area is 122 Å². The molecular formula is C15H19FN2O3. The van der Waals surface area contributed by atoms with Gasteiger partial charge in [0.1, 0.15) is 0 Å². The van der Waals surface area contributed by atoms with Gasteiger partial charge in [-0.25, -0.2) is 0 Å². The van der Waals surface area contributed by atoms with Crippen LogP contribution in [0.1, 0.15) is 49.9 Å². The minimum absolute atomic E-state index is 0.0784. The van der Waals surface area contributed by atoms with Gasteiger partial charge in [0.2, 0.25) is 5.82 Å². The van der Waals surface area contributed by atoms with Crippen LogP contribution in [0.15, 0.2) is 18.2 Å². The largest absolute Gasteiger partial charge is 0.349 e. The quantitative estimate of drug-likeness (QED) is 0.685. The number of hydrogen-bond acceptors (Lipinski definition) is 3. The Bertz CT molecular complexity index is 562. The lowest BCUT2D eigenvalue weighted by molar-refractivity contribution is -0.387. The van der Waals surface area contributed by atoms with Crippen LogP contribution in [0.2, 0.25) is 0 Å². The fourth-order valence-corrected chi connectivity index (χ4v) is 2.61. The molecule has 6 heteroatoms. The molecule has 1 aliphatic rings. The first-order valence-corrected chi connectivity index (χ1v) is 7.03. The summed E-state index contributed by atoms with van der Waals surface area (Å²) in [6.07, 6.45) is 3.84. The number of nitro benzene ring substituents is 1. The molecule has 0 spiro atoms. The molecule has 0 aromatic heterocycles. The van der Waals surface area contributed by atoms with Crippen molar-refractivity contribution >= 4 is 11.6 Å². The monoisotopic (exact) mass is 294 g/mol. The molecule has 0 atom stereocenters. The fourth-order valence-electron chi connectivity index (χ4n) is 2.61. The number of nitrogens with zero attached hydrogens (tertiary/aromatic N) is 1. The van der Waals surface area contributed by atoms with Crippen LogP contribution in [-0.4, -0.2) is 16.9 Å². The summed E-state index contributed by atoms with van der Waals surface area (Å²) in [4.78, 5) is 22.0. The highest BCUT2D eigenvalue weighted by atomic mass is 19.1. The number of carbonyl (C=O) groups excluding carboxylic acids is 1. The van der Waals surface area contributed by atoms with E-state index in [2.05, 4.69) is 19.2 Å². The molecule has 2 rings (SSSR count). The molecule has 1 N–H and O–H groups in total. The van der Waals surface area contributed by atoms with Crippen molar-refractivity contribution in [2.45, 2.75) is 45.6 Å². The van der Waals surface area contributed by atoms with E-state index in [0.29, 0.717) is 5.41 Å². The minimum atomic E-state index is -0.934. The van der Waals surface area contributed by atoms with Gasteiger partial charge in [-0.1, -0.05) is 13.8 Å². The van der Waals surface area contributed by atoms with Gasteiger partial charge in [0.25, 0.3) is 5.91 Å². The molecule has 1 amide bonds. The van der Waals surface area contributed by atoms with Crippen LogP contribution >= 0.6 is 0 Å². The molecule has 114 valence electrons. The lowest BCUT2D eigenvalue weighted by Crippen LogP contribution is -2.39. The van der Waals surface area contributed by atoms with Crippen LogP contribution in [0.25, 0.3) is 0 Å². The van der Waals surface area contributed by atoms with E-state index in [4.69, 9.17) is 0 Å². The lowest BCUT2D eigenvalue weighted by Gasteiger charge is -2.34. The minimum Gasteiger partial charge on any atom is -0.349 e. The number of hydrogen-bond donors (Lipinski definition) is 1. The number of amides is 1. The maximum atomic E-state index is 13.3. The first-order valence-electron chi connectivity index (χ1n) is 7.03. The van der Waals surface area contributed by atoms with E-state index in [1.165, 1.54) is 6.07 Å². The highest BCUT2D eigenvalue weighted by Crippen LogP contribution is 2.35. The predicted octanol–water partition coefficient (Wildman–Crippen LogP) is 3.43. The highest BCUT2D eigenvalue weighted by Gasteiger charge is 2.28. The van der Waals surface area contributed by atoms with E-state index in [0.717, 1.165) is 37.8 Å². The van der Waals surface area contributed by atoms with Gasteiger partial charge in [0.15, 0.2) is 0 Å². The Morgan fingerprint density at radius 2 is 2.00 bits per heavy atom. The molecule has 0 saturated heterocycles. The van der Waals surface area contributed by atoms with Gasteiger partial charge in [-0.3, -0.25) is 14.9 Å². The zero-order valence-corrected chi connectivity index (χ0v) is 12.2. The molecule has 21 heavy (non-hydrogen) atoms. The van der Waals surface area contributed by atoms with E-state index in [9.17, 15) is 19.3 Å². The van der Waals surface area contributed by atoms with Crippen LogP contribution in [-0.2, 0) is 0 Å². The fraction of sp³-hybridized carbons (Fsp3) is 0.533. The van der Waals surface area contributed by atoms with Crippen molar-refractivity contribution in [1.29, 1.82) is 0 Å². The molecule has 1 aromatic carbocycles. The molecule has 0 unspecified atom stereocenters. The van der Waals surface area contributed by atoms with Crippen LogP contribution in [0.4, 0.5) is 10.1 Å². The van der Waals surface area contributed by atoms with Gasteiger partial charge in [0, 0.05) is 17.7 Å². The Hall–Kier alpha value is -1.98. The van der Waals surface area contributed by atoms with Crippen molar-refractivity contribution in [3.63, 3.8) is 0 Å². The van der Waals surface area contributed by atoms with Gasteiger partial charge >= 0.3 is 5.69 Å². The maximum Gasteiger partial charge on any atom is 0.305 e. The summed E-state index contributed by atoms with van der Waals surface area (Å²) >= 11 is 0. The molecule has 0 radical (unpaired) electrons. The number of rotatable bonds is 3. The third-order valence-electron chi connectivity index (χ3n) is 4.08. The van der Waals surface area contributed by atoms with E-state index in [-0.39, 0.29) is 17.5 Å². The van der Waals surface area contributed by atoms with Crippen LogP contribution < -0.4 is 5.32 Å². The molecule has 1 fully saturated rings. The molecule has 0 heterocycles. The van der Waals surface area contributed by atoms with Gasteiger partial charge in [-0.2, -0.15) is 4.39 Å². The molecule has 1 saturated carbocycles. The molecule has 0 bridgehead atoms. The van der Waals surface area contributed by atoms with Crippen molar-refractivity contribution in [3.05, 3.63) is 39.7 Å². The summed E-state index contributed by atoms with van der Waals surface area (Å²) in [7, 11) is 0. The summed E-state index contributed by atoms with van der Waals surface area (Å²) in [5.74, 6) is -1.32. The second-order valence-electron chi connectivity index (χ2n) is 6.34. The Morgan fingerprint density at radius 1 is 1.38 bits per heavy atom. The smallest absolute Gasteiger partial charge is 0.305 e. The third-order valence-corrected chi connectivity index (χ3v) is 4.08. The van der Waals surface area contributed by atoms with E-state index in [1.54, 1.807) is 0 Å². The molecule has 1 aliphatic carbocycles. The van der Waals surface area contributed by atoms with Crippen molar-refractivity contribution in [2.24, 2.45) is 5.41 Å². The van der Waals surface area contributed by atoms with Crippen molar-refractivity contribution in [3.8, 4) is 0 Å². The lowest BCUT2D eigenvalue weighted by atomic mass is 9.75. The van der Waals surface area contributed by atoms with Gasteiger partial charge in [-0.15, -0.1) is 0 Å². The van der Waals surface area contributed by atoms with Crippen LogP contribution in [0.5, 0.6) is 0 Å². The molecule has 5 nitrogen and oxygen atoms in total. The average Bonchev–Trinajstić information content (AvgIpc) is 2.41. The third kappa shape index (κ3) is 3.77. The number of benzene rings is 1. The number of halogens is 1. The standard InChI is InChI=1S/C15H19FN2O3/c1-15(2)7-5-11(6-8-15)17-14(19)10-3-4-12(16)13(9-10)18(20)21/h3-4,9,11H,5-8H2,1-2H3,(H,17,19). The molecule has 0 aliphatic heterocycles. The van der Waals surface area contributed by atoms with Crippen LogP contribution in [0.3, 0.4) is 0 Å². The zero-order chi connectivity index (χ0) is 15.6. The van der Waals surface area contributed by atoms with Crippen molar-refractivity contribution in [2.75, 3.05) is 0 Å². The second kappa shape index (κ2) is 5.79. The summed E-state index contributed by atoms with van der Waals surface area (Å²) < 4.78 is 13.3. The summed E-state index contributed by atoms with van der Waals surface area (Å²) in [6, 6.07) is 3.29. The van der Waals surface area contributed by atoms with E-state index >= 15 is 0 Å². The summed E-state index contributed by atoms with van der Waals surface area (Å²) in [6.45, 7) is 4.41. The average molecular weight is 294 g/mol. The topological polar surface area (TPSA) is 72.2 Å². The van der Waals surface area contributed by atoms with Crippen LogP contribution in [0, 0.1) is 21.3 Å². The predicted molar refractivity (Wildman–Crippen MR) is 76.6 cm³/mol. The Balaban J connectivity index is 2.04. The Kier molecular flexibility index (Phi) is 4.25. The molecule has 1 aromatic rings. The van der Waals surface area contributed by atoms with E-state index < -0.39 is 16.4 Å². The second-order valence-corrected chi connectivity index (χ2v) is 6.34. The Morgan fingerprint density at radius 3 is 2.57 bits per heavy atom. The highest BCUT2D eigenvalue weighted by molar-refractivity contribution is 5.95. The van der Waals surface area contributed by atoms with E-state index in [1.807, 2.05) is 0 Å². The van der Waals surface area contributed by atoms with Gasteiger partial charge in [-0.05, 0) is 43.2 Å². The maximum absolute atomic E-state index is 13.3. The summed E-state index contributed by atoms with van der Waals surface area (Å²) in [5, 5.41) is 13.6.